The van der Waals surface area contributed by atoms with E-state index in [0.29, 0.717) is 35.1 Å². The first-order valence-corrected chi connectivity index (χ1v) is 25.1. The lowest BCUT2D eigenvalue weighted by atomic mass is 9.80. The number of aryl methyl sites for hydroxylation is 4. The molecule has 11 rings (SSSR count). The second-order valence-electron chi connectivity index (χ2n) is 17.3. The first-order valence-electron chi connectivity index (χ1n) is 22.7. The molecule has 2 aromatic heterocycles. The number of nitrogen functional groups attached to an aromatic ring is 1. The summed E-state index contributed by atoms with van der Waals surface area (Å²) in [6.45, 7) is 13.4. The number of ether oxygens (including phenoxy) is 3. The number of nitrogens with two attached hydrogens (primary N) is 1. The van der Waals surface area contributed by atoms with Crippen LogP contribution in [-0.2, 0) is 14.2 Å². The summed E-state index contributed by atoms with van der Waals surface area (Å²) < 4.78 is 22.2. The molecule has 13 nitrogen and oxygen atoms in total. The van der Waals surface area contributed by atoms with E-state index in [1.54, 1.807) is 34.2 Å². The van der Waals surface area contributed by atoms with E-state index in [-0.39, 0.29) is 0 Å². The second-order valence-corrected chi connectivity index (χ2v) is 20.0. The van der Waals surface area contributed by atoms with Gasteiger partial charge < -0.3 is 35.3 Å². The summed E-state index contributed by atoms with van der Waals surface area (Å²) in [5.41, 5.74) is 17.8. The van der Waals surface area contributed by atoms with Crippen molar-refractivity contribution < 1.29 is 24.3 Å². The first-order chi connectivity index (χ1) is 33.7. The van der Waals surface area contributed by atoms with Gasteiger partial charge in [0, 0.05) is 36.9 Å². The average molecular weight is 1140 g/mol. The van der Waals surface area contributed by atoms with Crippen molar-refractivity contribution in [2.75, 3.05) is 50.7 Å². The summed E-state index contributed by atoms with van der Waals surface area (Å²) in [5, 5.41) is 29.4. The van der Waals surface area contributed by atoms with E-state index in [1.165, 1.54) is 42.3 Å². The Labute approximate surface area is 435 Å². The van der Waals surface area contributed by atoms with Crippen molar-refractivity contribution in [2.45, 2.75) is 45.4 Å². The van der Waals surface area contributed by atoms with Crippen molar-refractivity contribution >= 4 is 78.0 Å². The van der Waals surface area contributed by atoms with Gasteiger partial charge in [-0.15, -0.1) is 10.2 Å². The van der Waals surface area contributed by atoms with Crippen molar-refractivity contribution in [1.29, 1.82) is 0 Å². The minimum absolute atomic E-state index is 0.291. The van der Waals surface area contributed by atoms with Crippen LogP contribution >= 0.6 is 47.8 Å². The summed E-state index contributed by atoms with van der Waals surface area (Å²) in [6, 6.07) is 44.5. The molecular formula is C53H56BBr3N8O5. The maximum absolute atomic E-state index is 8.81. The quantitative estimate of drug-likeness (QED) is 0.107. The lowest BCUT2D eigenvalue weighted by Gasteiger charge is -2.27. The van der Waals surface area contributed by atoms with E-state index >= 15 is 0 Å². The topological polar surface area (TPSA) is 168 Å². The Kier molecular flexibility index (Phi) is 19.1. The smallest absolute Gasteiger partial charge is 0.423 e. The molecule has 0 saturated carbocycles. The fraction of sp³-hybridized carbons (Fsp3) is 0.245. The molecule has 0 bridgehead atoms. The molecule has 0 atom stereocenters. The van der Waals surface area contributed by atoms with Crippen LogP contribution in [0.15, 0.2) is 160 Å². The Balaban J connectivity index is 0.000000134. The molecule has 3 aliphatic heterocycles. The van der Waals surface area contributed by atoms with Crippen molar-refractivity contribution in [2.24, 2.45) is 0 Å². The first kappa shape index (κ1) is 52.3. The maximum atomic E-state index is 8.81. The Morgan fingerprint density at radius 2 is 0.943 bits per heavy atom. The van der Waals surface area contributed by atoms with Crippen LogP contribution in [0.25, 0.3) is 11.4 Å². The number of para-hydroxylation sites is 2. The Morgan fingerprint density at radius 3 is 1.34 bits per heavy atom. The standard InChI is InChI=1S/C18H18N4O.2C10H11BrO.C8H8N4.C7H8BBrO2/c1-13-7-14(15-10-23-11-15)9-16(8-13)20-18-19-12-22(21-18)17-5-3-2-4-6-17;2*1-7-2-8(4-10(11)3-7)9-5-12-6-9;9-8-10-6-12(11-8)7-4-2-1-3-5-7;1-5-2-6(8(10)11)4-7(9)3-5/h2-9,12,15H,10-11H2,1H3,(H,20,21);2*2-4,9H,5-6H2,1H3;1-6H,(H2,9,11);2-4,10-11H,1H3. The lowest BCUT2D eigenvalue weighted by molar-refractivity contribution is 0.00833. The van der Waals surface area contributed by atoms with Gasteiger partial charge in [0.1, 0.15) is 12.7 Å². The lowest BCUT2D eigenvalue weighted by Crippen LogP contribution is -2.29. The molecule has 3 saturated heterocycles. The zero-order valence-corrected chi connectivity index (χ0v) is 44.2. The van der Waals surface area contributed by atoms with Crippen LogP contribution < -0.4 is 16.5 Å². The zero-order valence-electron chi connectivity index (χ0n) is 39.4. The predicted molar refractivity (Wildman–Crippen MR) is 289 cm³/mol. The zero-order chi connectivity index (χ0) is 49.6. The third kappa shape index (κ3) is 15.8. The third-order valence-electron chi connectivity index (χ3n) is 11.2. The number of aromatic nitrogens is 6. The van der Waals surface area contributed by atoms with Gasteiger partial charge in [0.2, 0.25) is 11.9 Å². The number of benzene rings is 6. The molecule has 0 spiro atoms. The number of hydrogen-bond donors (Lipinski definition) is 4. The van der Waals surface area contributed by atoms with E-state index in [4.69, 9.17) is 30.0 Å². The van der Waals surface area contributed by atoms with Crippen molar-refractivity contribution in [1.82, 2.24) is 29.5 Å². The van der Waals surface area contributed by atoms with Gasteiger partial charge >= 0.3 is 7.12 Å². The molecule has 3 fully saturated rings. The number of nitrogens with zero attached hydrogens (tertiary/aromatic N) is 6. The van der Waals surface area contributed by atoms with Crippen LogP contribution in [0.2, 0.25) is 0 Å². The number of halogens is 3. The minimum atomic E-state index is -1.38. The summed E-state index contributed by atoms with van der Waals surface area (Å²) in [6.07, 6.45) is 3.30. The van der Waals surface area contributed by atoms with Gasteiger partial charge in [-0.2, -0.15) is 4.98 Å². The number of hydrogen-bond acceptors (Lipinski definition) is 11. The van der Waals surface area contributed by atoms with Gasteiger partial charge in [0.15, 0.2) is 0 Å². The van der Waals surface area contributed by atoms with Gasteiger partial charge in [-0.3, -0.25) is 0 Å². The van der Waals surface area contributed by atoms with Crippen LogP contribution in [0.5, 0.6) is 0 Å². The monoisotopic (exact) mass is 1130 g/mol. The molecule has 3 aliphatic rings. The summed E-state index contributed by atoms with van der Waals surface area (Å²) in [5.74, 6) is 2.64. The normalized spacial score (nSPS) is 14.0. The summed E-state index contributed by atoms with van der Waals surface area (Å²) in [7, 11) is -1.38. The molecule has 0 unspecified atom stereocenters. The van der Waals surface area contributed by atoms with Crippen LogP contribution in [0.3, 0.4) is 0 Å². The Morgan fingerprint density at radius 1 is 0.529 bits per heavy atom. The van der Waals surface area contributed by atoms with E-state index in [9.17, 15) is 0 Å². The molecule has 362 valence electrons. The Hall–Kier alpha value is -5.50. The second kappa shape index (κ2) is 25.6. The highest BCUT2D eigenvalue weighted by Crippen LogP contribution is 2.30. The summed E-state index contributed by atoms with van der Waals surface area (Å²) in [4.78, 5) is 8.16. The van der Waals surface area contributed by atoms with Crippen LogP contribution in [0, 0.1) is 27.7 Å². The molecule has 0 amide bonds. The van der Waals surface area contributed by atoms with Crippen LogP contribution in [0.1, 0.15) is 56.7 Å². The molecule has 6 aromatic carbocycles. The van der Waals surface area contributed by atoms with Gasteiger partial charge in [0.05, 0.1) is 51.0 Å². The molecule has 17 heteroatoms. The van der Waals surface area contributed by atoms with Crippen LogP contribution in [0.4, 0.5) is 17.6 Å². The van der Waals surface area contributed by atoms with Crippen LogP contribution in [-0.4, -0.2) is 86.3 Å². The highest BCUT2D eigenvalue weighted by Gasteiger charge is 2.23. The van der Waals surface area contributed by atoms with Crippen molar-refractivity contribution in [3.05, 3.63) is 198 Å². The maximum Gasteiger partial charge on any atom is 0.488 e. The number of nitrogens with one attached hydrogen (secondary N) is 1. The third-order valence-corrected chi connectivity index (χ3v) is 12.6. The SMILES string of the molecule is Cc1cc(Br)cc(B(O)O)c1.Cc1cc(Br)cc(C2COC2)c1.Cc1cc(Br)cc(C2COC2)c1.Cc1cc(Nc2ncn(-c3ccccc3)n2)cc(C2COC2)c1.Nc1ncn(-c2ccccc2)n1. The molecular weight excluding hydrogens is 1080 g/mol. The molecule has 70 heavy (non-hydrogen) atoms. The van der Waals surface area contributed by atoms with E-state index in [2.05, 4.69) is 149 Å². The highest BCUT2D eigenvalue weighted by molar-refractivity contribution is 9.11. The number of rotatable bonds is 8. The number of anilines is 3. The molecule has 8 aromatic rings. The highest BCUT2D eigenvalue weighted by atomic mass is 79.9. The fourth-order valence-electron chi connectivity index (χ4n) is 7.45. The van der Waals surface area contributed by atoms with Crippen molar-refractivity contribution in [3.63, 3.8) is 0 Å². The van der Waals surface area contributed by atoms with E-state index < -0.39 is 7.12 Å². The van der Waals surface area contributed by atoms with E-state index in [1.807, 2.05) is 73.7 Å². The fourth-order valence-corrected chi connectivity index (χ4v) is 9.33. The minimum Gasteiger partial charge on any atom is -0.423 e. The van der Waals surface area contributed by atoms with Crippen molar-refractivity contribution in [3.8, 4) is 11.4 Å². The Bertz CT molecular complexity index is 2790. The van der Waals surface area contributed by atoms with E-state index in [0.717, 1.165) is 66.7 Å². The van der Waals surface area contributed by atoms with Gasteiger partial charge in [-0.05, 0) is 139 Å². The molecule has 0 radical (unpaired) electrons. The van der Waals surface area contributed by atoms with Gasteiger partial charge in [0.25, 0.3) is 0 Å². The summed E-state index contributed by atoms with van der Waals surface area (Å²) >= 11 is 10.2. The predicted octanol–water partition coefficient (Wildman–Crippen LogP) is 10.5. The average Bonchev–Trinajstić information content (AvgIpc) is 3.91. The van der Waals surface area contributed by atoms with Gasteiger partial charge in [-0.1, -0.05) is 114 Å². The molecule has 5 N–H and O–H groups in total. The molecule has 5 heterocycles. The molecule has 0 aliphatic carbocycles. The largest absolute Gasteiger partial charge is 0.488 e. The van der Waals surface area contributed by atoms with Gasteiger partial charge in [-0.25, -0.2) is 14.3 Å².